The SMILES string of the molecule is O=C(O)Cc1ccccc1Cn1ccnc1. The number of carbonyl (C=O) groups is 1. The van der Waals surface area contributed by atoms with E-state index in [0.29, 0.717) is 6.54 Å². The zero-order chi connectivity index (χ0) is 11.4. The first kappa shape index (κ1) is 10.4. The van der Waals surface area contributed by atoms with Crippen LogP contribution in [0.15, 0.2) is 43.0 Å². The van der Waals surface area contributed by atoms with Crippen LogP contribution in [-0.2, 0) is 17.8 Å². The summed E-state index contributed by atoms with van der Waals surface area (Å²) in [5.41, 5.74) is 1.87. The molecular weight excluding hydrogens is 204 g/mol. The Morgan fingerprint density at radius 1 is 1.31 bits per heavy atom. The summed E-state index contributed by atoms with van der Waals surface area (Å²) >= 11 is 0. The van der Waals surface area contributed by atoms with E-state index in [1.54, 1.807) is 12.5 Å². The Kier molecular flexibility index (Phi) is 3.00. The lowest BCUT2D eigenvalue weighted by molar-refractivity contribution is -0.136. The maximum absolute atomic E-state index is 10.7. The minimum Gasteiger partial charge on any atom is -0.481 e. The molecule has 1 N–H and O–H groups in total. The molecule has 0 bridgehead atoms. The third-order valence-corrected chi connectivity index (χ3v) is 2.37. The predicted molar refractivity (Wildman–Crippen MR) is 59.1 cm³/mol. The lowest BCUT2D eigenvalue weighted by atomic mass is 10.0. The summed E-state index contributed by atoms with van der Waals surface area (Å²) < 4.78 is 1.92. The second-order valence-corrected chi connectivity index (χ2v) is 3.57. The van der Waals surface area contributed by atoms with Gasteiger partial charge in [0.25, 0.3) is 0 Å². The van der Waals surface area contributed by atoms with Crippen LogP contribution in [0.1, 0.15) is 11.1 Å². The molecule has 0 unspecified atom stereocenters. The van der Waals surface area contributed by atoms with Gasteiger partial charge in [0.05, 0.1) is 12.7 Å². The lowest BCUT2D eigenvalue weighted by Crippen LogP contribution is -2.06. The van der Waals surface area contributed by atoms with Gasteiger partial charge in [0.2, 0.25) is 0 Å². The molecule has 0 saturated heterocycles. The second kappa shape index (κ2) is 4.61. The number of aromatic nitrogens is 2. The molecule has 4 nitrogen and oxygen atoms in total. The second-order valence-electron chi connectivity index (χ2n) is 3.57. The number of hydrogen-bond acceptors (Lipinski definition) is 2. The molecule has 1 heterocycles. The van der Waals surface area contributed by atoms with Crippen molar-refractivity contribution >= 4 is 5.97 Å². The Morgan fingerprint density at radius 3 is 2.69 bits per heavy atom. The van der Waals surface area contributed by atoms with E-state index in [1.807, 2.05) is 35.0 Å². The molecule has 0 atom stereocenters. The Morgan fingerprint density at radius 2 is 2.06 bits per heavy atom. The molecule has 0 fully saturated rings. The molecule has 0 aliphatic carbocycles. The highest BCUT2D eigenvalue weighted by Crippen LogP contribution is 2.11. The van der Waals surface area contributed by atoms with Crippen molar-refractivity contribution in [1.29, 1.82) is 0 Å². The van der Waals surface area contributed by atoms with Gasteiger partial charge in [-0.15, -0.1) is 0 Å². The average molecular weight is 216 g/mol. The van der Waals surface area contributed by atoms with Crippen molar-refractivity contribution in [2.24, 2.45) is 0 Å². The fourth-order valence-electron chi connectivity index (χ4n) is 1.62. The topological polar surface area (TPSA) is 55.1 Å². The van der Waals surface area contributed by atoms with Gasteiger partial charge in [-0.05, 0) is 11.1 Å². The Balaban J connectivity index is 2.22. The van der Waals surface area contributed by atoms with E-state index in [4.69, 9.17) is 5.11 Å². The first-order valence-corrected chi connectivity index (χ1v) is 5.00. The predicted octanol–water partition coefficient (Wildman–Crippen LogP) is 1.56. The third kappa shape index (κ3) is 2.48. The van der Waals surface area contributed by atoms with Crippen molar-refractivity contribution in [3.05, 3.63) is 54.1 Å². The summed E-state index contributed by atoms with van der Waals surface area (Å²) in [6.45, 7) is 0.656. The van der Waals surface area contributed by atoms with Crippen molar-refractivity contribution in [3.8, 4) is 0 Å². The van der Waals surface area contributed by atoms with Crippen LogP contribution in [0.25, 0.3) is 0 Å². The molecule has 82 valence electrons. The summed E-state index contributed by atoms with van der Waals surface area (Å²) in [7, 11) is 0. The van der Waals surface area contributed by atoms with Gasteiger partial charge in [-0.2, -0.15) is 0 Å². The fourth-order valence-corrected chi connectivity index (χ4v) is 1.62. The van der Waals surface area contributed by atoms with Crippen molar-refractivity contribution < 1.29 is 9.90 Å². The summed E-state index contributed by atoms with van der Waals surface area (Å²) in [5.74, 6) is -0.807. The number of nitrogens with zero attached hydrogens (tertiary/aromatic N) is 2. The molecule has 0 amide bonds. The average Bonchev–Trinajstić information content (AvgIpc) is 2.73. The van der Waals surface area contributed by atoms with Crippen LogP contribution in [-0.4, -0.2) is 20.6 Å². The van der Waals surface area contributed by atoms with Crippen LogP contribution in [0.3, 0.4) is 0 Å². The Labute approximate surface area is 93.2 Å². The molecule has 1 aromatic heterocycles. The van der Waals surface area contributed by atoms with Crippen LogP contribution in [0.4, 0.5) is 0 Å². The van der Waals surface area contributed by atoms with E-state index < -0.39 is 5.97 Å². The highest BCUT2D eigenvalue weighted by molar-refractivity contribution is 5.70. The van der Waals surface area contributed by atoms with Crippen LogP contribution in [0, 0.1) is 0 Å². The summed E-state index contributed by atoms with van der Waals surface area (Å²) in [4.78, 5) is 14.7. The number of aliphatic carboxylic acids is 1. The maximum atomic E-state index is 10.7. The fraction of sp³-hybridized carbons (Fsp3) is 0.167. The number of carboxylic acids is 1. The largest absolute Gasteiger partial charge is 0.481 e. The van der Waals surface area contributed by atoms with Gasteiger partial charge in [0.1, 0.15) is 0 Å². The molecule has 1 aromatic carbocycles. The van der Waals surface area contributed by atoms with E-state index in [2.05, 4.69) is 4.98 Å². The van der Waals surface area contributed by atoms with E-state index in [-0.39, 0.29) is 6.42 Å². The lowest BCUT2D eigenvalue weighted by Gasteiger charge is -2.07. The Bertz CT molecular complexity index is 478. The zero-order valence-electron chi connectivity index (χ0n) is 8.71. The number of hydrogen-bond donors (Lipinski definition) is 1. The molecule has 0 saturated carbocycles. The van der Waals surface area contributed by atoms with Crippen molar-refractivity contribution in [1.82, 2.24) is 9.55 Å². The van der Waals surface area contributed by atoms with Gasteiger partial charge in [-0.1, -0.05) is 24.3 Å². The molecule has 2 aromatic rings. The van der Waals surface area contributed by atoms with E-state index >= 15 is 0 Å². The summed E-state index contributed by atoms with van der Waals surface area (Å²) in [6.07, 6.45) is 5.35. The van der Waals surface area contributed by atoms with Gasteiger partial charge >= 0.3 is 5.97 Å². The van der Waals surface area contributed by atoms with Gasteiger partial charge in [-0.25, -0.2) is 4.98 Å². The van der Waals surface area contributed by atoms with E-state index in [0.717, 1.165) is 11.1 Å². The molecule has 16 heavy (non-hydrogen) atoms. The van der Waals surface area contributed by atoms with Crippen LogP contribution >= 0.6 is 0 Å². The minimum atomic E-state index is -0.807. The number of rotatable bonds is 4. The minimum absolute atomic E-state index is 0.0604. The normalized spacial score (nSPS) is 10.2. The van der Waals surface area contributed by atoms with Gasteiger partial charge in [0, 0.05) is 18.9 Å². The highest BCUT2D eigenvalue weighted by atomic mass is 16.4. The van der Waals surface area contributed by atoms with Gasteiger partial charge in [-0.3, -0.25) is 4.79 Å². The van der Waals surface area contributed by atoms with E-state index in [1.165, 1.54) is 0 Å². The third-order valence-electron chi connectivity index (χ3n) is 2.37. The van der Waals surface area contributed by atoms with Gasteiger partial charge in [0.15, 0.2) is 0 Å². The van der Waals surface area contributed by atoms with Crippen molar-refractivity contribution in [2.75, 3.05) is 0 Å². The number of benzene rings is 1. The molecule has 0 spiro atoms. The quantitative estimate of drug-likeness (QED) is 0.843. The summed E-state index contributed by atoms with van der Waals surface area (Å²) in [6, 6.07) is 7.56. The van der Waals surface area contributed by atoms with Crippen molar-refractivity contribution in [3.63, 3.8) is 0 Å². The van der Waals surface area contributed by atoms with Crippen LogP contribution in [0.5, 0.6) is 0 Å². The standard InChI is InChI=1S/C12H12N2O2/c15-12(16)7-10-3-1-2-4-11(10)8-14-6-5-13-9-14/h1-6,9H,7-8H2,(H,15,16). The zero-order valence-corrected chi connectivity index (χ0v) is 8.71. The molecule has 0 aliphatic rings. The number of carboxylic acid groups (broad SMARTS) is 1. The molecule has 4 heteroatoms. The van der Waals surface area contributed by atoms with Gasteiger partial charge < -0.3 is 9.67 Å². The van der Waals surface area contributed by atoms with Crippen molar-refractivity contribution in [2.45, 2.75) is 13.0 Å². The monoisotopic (exact) mass is 216 g/mol. The summed E-state index contributed by atoms with van der Waals surface area (Å²) in [5, 5.41) is 8.80. The highest BCUT2D eigenvalue weighted by Gasteiger charge is 2.06. The van der Waals surface area contributed by atoms with E-state index in [9.17, 15) is 4.79 Å². The molecule has 2 rings (SSSR count). The number of imidazole rings is 1. The maximum Gasteiger partial charge on any atom is 0.307 e. The molecular formula is C12H12N2O2. The molecule has 0 aliphatic heterocycles. The molecule has 0 radical (unpaired) electrons. The first-order valence-electron chi connectivity index (χ1n) is 5.00. The first-order chi connectivity index (χ1) is 7.75. The van der Waals surface area contributed by atoms with Crippen LogP contribution < -0.4 is 0 Å². The smallest absolute Gasteiger partial charge is 0.307 e. The Hall–Kier alpha value is -2.10. The van der Waals surface area contributed by atoms with Crippen LogP contribution in [0.2, 0.25) is 0 Å².